The number of hydrogen-bond donors (Lipinski definition) is 1. The smallest absolute Gasteiger partial charge is 0.0645 e. The van der Waals surface area contributed by atoms with Crippen LogP contribution in [-0.2, 0) is 11.3 Å². The van der Waals surface area contributed by atoms with Crippen molar-refractivity contribution in [2.45, 2.75) is 13.0 Å². The van der Waals surface area contributed by atoms with Gasteiger partial charge in [-0.05, 0) is 36.1 Å². The molecule has 100 valence electrons. The molecule has 4 heteroatoms. The summed E-state index contributed by atoms with van der Waals surface area (Å²) in [6.07, 6.45) is 4.93. The maximum absolute atomic E-state index is 5.37. The summed E-state index contributed by atoms with van der Waals surface area (Å²) in [4.78, 5) is 0. The monoisotopic (exact) mass is 257 g/mol. The Morgan fingerprint density at radius 2 is 2.21 bits per heavy atom. The molecule has 0 amide bonds. The SMILES string of the molecule is c1cnn(-c2ccc(CNCC3CCOC3)cc2)c1. The molecule has 0 bridgehead atoms. The first-order valence-corrected chi connectivity index (χ1v) is 6.79. The molecule has 2 aromatic rings. The number of hydrogen-bond acceptors (Lipinski definition) is 3. The zero-order chi connectivity index (χ0) is 12.9. The van der Waals surface area contributed by atoms with E-state index in [4.69, 9.17) is 4.74 Å². The van der Waals surface area contributed by atoms with Crippen molar-refractivity contribution < 1.29 is 4.74 Å². The first-order valence-electron chi connectivity index (χ1n) is 6.79. The van der Waals surface area contributed by atoms with E-state index in [2.05, 4.69) is 34.7 Å². The van der Waals surface area contributed by atoms with E-state index in [1.807, 2.05) is 16.9 Å². The van der Waals surface area contributed by atoms with E-state index in [-0.39, 0.29) is 0 Å². The van der Waals surface area contributed by atoms with Crippen molar-refractivity contribution in [3.05, 3.63) is 48.3 Å². The van der Waals surface area contributed by atoms with E-state index in [0.717, 1.165) is 32.0 Å². The highest BCUT2D eigenvalue weighted by atomic mass is 16.5. The molecule has 0 aliphatic carbocycles. The minimum Gasteiger partial charge on any atom is -0.381 e. The van der Waals surface area contributed by atoms with Gasteiger partial charge in [-0.2, -0.15) is 5.10 Å². The van der Waals surface area contributed by atoms with Crippen molar-refractivity contribution >= 4 is 0 Å². The Balaban J connectivity index is 1.51. The summed E-state index contributed by atoms with van der Waals surface area (Å²) >= 11 is 0. The van der Waals surface area contributed by atoms with Crippen molar-refractivity contribution in [2.75, 3.05) is 19.8 Å². The van der Waals surface area contributed by atoms with Crippen molar-refractivity contribution in [1.82, 2.24) is 15.1 Å². The second-order valence-electron chi connectivity index (χ2n) is 4.98. The molecule has 1 aliphatic heterocycles. The average molecular weight is 257 g/mol. The molecule has 1 fully saturated rings. The van der Waals surface area contributed by atoms with E-state index < -0.39 is 0 Å². The van der Waals surface area contributed by atoms with E-state index in [1.54, 1.807) is 6.20 Å². The minimum atomic E-state index is 0.684. The van der Waals surface area contributed by atoms with Crippen LogP contribution in [0.25, 0.3) is 5.69 Å². The van der Waals surface area contributed by atoms with Crippen LogP contribution in [0.15, 0.2) is 42.7 Å². The first-order chi connectivity index (χ1) is 9.42. The number of rotatable bonds is 5. The maximum Gasteiger partial charge on any atom is 0.0645 e. The molecule has 0 saturated carbocycles. The number of aromatic nitrogens is 2. The van der Waals surface area contributed by atoms with Crippen LogP contribution < -0.4 is 5.32 Å². The van der Waals surface area contributed by atoms with Gasteiger partial charge in [-0.3, -0.25) is 0 Å². The molecule has 1 atom stereocenters. The van der Waals surface area contributed by atoms with Crippen LogP contribution in [0.3, 0.4) is 0 Å². The van der Waals surface area contributed by atoms with Gasteiger partial charge in [0.05, 0.1) is 12.3 Å². The third kappa shape index (κ3) is 3.22. The summed E-state index contributed by atoms with van der Waals surface area (Å²) in [5, 5.41) is 7.71. The highest BCUT2D eigenvalue weighted by Gasteiger charge is 2.14. The molecule has 1 aromatic carbocycles. The lowest BCUT2D eigenvalue weighted by Gasteiger charge is -2.09. The van der Waals surface area contributed by atoms with Gasteiger partial charge in [0.2, 0.25) is 0 Å². The summed E-state index contributed by atoms with van der Waals surface area (Å²) in [5.74, 6) is 0.684. The molecular weight excluding hydrogens is 238 g/mol. The fraction of sp³-hybridized carbons (Fsp3) is 0.400. The molecular formula is C15H19N3O. The van der Waals surface area contributed by atoms with Crippen LogP contribution in [0.2, 0.25) is 0 Å². The lowest BCUT2D eigenvalue weighted by Crippen LogP contribution is -2.22. The molecule has 19 heavy (non-hydrogen) atoms. The van der Waals surface area contributed by atoms with Gasteiger partial charge in [-0.15, -0.1) is 0 Å². The predicted molar refractivity (Wildman–Crippen MR) is 74.2 cm³/mol. The first kappa shape index (κ1) is 12.4. The van der Waals surface area contributed by atoms with Crippen LogP contribution in [0, 0.1) is 5.92 Å². The summed E-state index contributed by atoms with van der Waals surface area (Å²) in [6.45, 7) is 3.78. The summed E-state index contributed by atoms with van der Waals surface area (Å²) < 4.78 is 7.24. The molecule has 1 N–H and O–H groups in total. The number of nitrogens with one attached hydrogen (secondary N) is 1. The minimum absolute atomic E-state index is 0.684. The number of ether oxygens (including phenoxy) is 1. The van der Waals surface area contributed by atoms with Gasteiger partial charge >= 0.3 is 0 Å². The zero-order valence-corrected chi connectivity index (χ0v) is 11.0. The predicted octanol–water partition coefficient (Wildman–Crippen LogP) is 2.00. The molecule has 2 heterocycles. The number of nitrogens with zero attached hydrogens (tertiary/aromatic N) is 2. The number of benzene rings is 1. The quantitative estimate of drug-likeness (QED) is 0.890. The Morgan fingerprint density at radius 1 is 1.32 bits per heavy atom. The van der Waals surface area contributed by atoms with Crippen molar-refractivity contribution in [3.8, 4) is 5.69 Å². The van der Waals surface area contributed by atoms with Crippen molar-refractivity contribution in [3.63, 3.8) is 0 Å². The lowest BCUT2D eigenvalue weighted by molar-refractivity contribution is 0.185. The topological polar surface area (TPSA) is 39.1 Å². The molecule has 3 rings (SSSR count). The average Bonchev–Trinajstić information content (AvgIpc) is 3.13. The summed E-state index contributed by atoms with van der Waals surface area (Å²) in [5.41, 5.74) is 2.40. The molecule has 1 unspecified atom stereocenters. The van der Waals surface area contributed by atoms with Crippen LogP contribution in [0.1, 0.15) is 12.0 Å². The lowest BCUT2D eigenvalue weighted by atomic mass is 10.1. The Hall–Kier alpha value is -1.65. The van der Waals surface area contributed by atoms with Crippen LogP contribution in [0.4, 0.5) is 0 Å². The Morgan fingerprint density at radius 3 is 2.89 bits per heavy atom. The normalized spacial score (nSPS) is 18.8. The second kappa shape index (κ2) is 5.99. The Labute approximate surface area is 113 Å². The fourth-order valence-electron chi connectivity index (χ4n) is 2.35. The summed E-state index contributed by atoms with van der Waals surface area (Å²) in [6, 6.07) is 10.4. The van der Waals surface area contributed by atoms with E-state index >= 15 is 0 Å². The fourth-order valence-corrected chi connectivity index (χ4v) is 2.35. The Bertz CT molecular complexity index is 487. The highest BCUT2D eigenvalue weighted by molar-refractivity contribution is 5.33. The highest BCUT2D eigenvalue weighted by Crippen LogP contribution is 2.12. The van der Waals surface area contributed by atoms with Gasteiger partial charge in [-0.1, -0.05) is 12.1 Å². The Kier molecular flexibility index (Phi) is 3.91. The third-order valence-electron chi connectivity index (χ3n) is 3.49. The largest absolute Gasteiger partial charge is 0.381 e. The van der Waals surface area contributed by atoms with Gasteiger partial charge < -0.3 is 10.1 Å². The molecule has 1 aliphatic rings. The zero-order valence-electron chi connectivity index (χ0n) is 11.0. The van der Waals surface area contributed by atoms with E-state index in [1.165, 1.54) is 12.0 Å². The van der Waals surface area contributed by atoms with Gasteiger partial charge in [0.25, 0.3) is 0 Å². The molecule has 0 spiro atoms. The molecule has 0 radical (unpaired) electrons. The van der Waals surface area contributed by atoms with Crippen LogP contribution in [0.5, 0.6) is 0 Å². The van der Waals surface area contributed by atoms with Gasteiger partial charge in [0.1, 0.15) is 0 Å². The molecule has 4 nitrogen and oxygen atoms in total. The molecule has 1 saturated heterocycles. The van der Waals surface area contributed by atoms with E-state index in [9.17, 15) is 0 Å². The van der Waals surface area contributed by atoms with Crippen molar-refractivity contribution in [2.24, 2.45) is 5.92 Å². The van der Waals surface area contributed by atoms with Crippen molar-refractivity contribution in [1.29, 1.82) is 0 Å². The van der Waals surface area contributed by atoms with Gasteiger partial charge in [0, 0.05) is 32.1 Å². The third-order valence-corrected chi connectivity index (χ3v) is 3.49. The van der Waals surface area contributed by atoms with E-state index in [0.29, 0.717) is 5.92 Å². The van der Waals surface area contributed by atoms with Gasteiger partial charge in [0.15, 0.2) is 0 Å². The van der Waals surface area contributed by atoms with Gasteiger partial charge in [-0.25, -0.2) is 4.68 Å². The second-order valence-corrected chi connectivity index (χ2v) is 4.98. The molecule has 1 aromatic heterocycles. The maximum atomic E-state index is 5.37. The van der Waals surface area contributed by atoms with Crippen LogP contribution in [-0.4, -0.2) is 29.5 Å². The summed E-state index contributed by atoms with van der Waals surface area (Å²) in [7, 11) is 0. The standard InChI is InChI=1S/C15H19N3O/c1-7-17-18(8-1)15-4-2-13(3-5-15)10-16-11-14-6-9-19-12-14/h1-5,7-8,14,16H,6,9-12H2. The van der Waals surface area contributed by atoms with Crippen LogP contribution >= 0.6 is 0 Å².